The Morgan fingerprint density at radius 2 is 2.37 bits per heavy atom. The zero-order valence-corrected chi connectivity index (χ0v) is 12.3. The van der Waals surface area contributed by atoms with Crippen molar-refractivity contribution in [2.24, 2.45) is 5.92 Å². The Kier molecular flexibility index (Phi) is 4.60. The van der Waals surface area contributed by atoms with E-state index < -0.39 is 5.97 Å². The summed E-state index contributed by atoms with van der Waals surface area (Å²) in [6.07, 6.45) is 0.777. The van der Waals surface area contributed by atoms with Crippen LogP contribution in [0.4, 0.5) is 0 Å². The maximum Gasteiger partial charge on any atom is 0.345 e. The molecule has 0 spiro atoms. The van der Waals surface area contributed by atoms with Crippen molar-refractivity contribution in [3.63, 3.8) is 0 Å². The highest BCUT2D eigenvalue weighted by Crippen LogP contribution is 2.27. The normalized spacial score (nSPS) is 11.1. The minimum absolute atomic E-state index is 0.344. The summed E-state index contributed by atoms with van der Waals surface area (Å²) in [7, 11) is 0. The van der Waals surface area contributed by atoms with Crippen molar-refractivity contribution in [2.75, 3.05) is 0 Å². The summed E-state index contributed by atoms with van der Waals surface area (Å²) in [5, 5.41) is 14.6. The van der Waals surface area contributed by atoms with Crippen molar-refractivity contribution in [3.8, 4) is 0 Å². The predicted octanol–water partition coefficient (Wildman–Crippen LogP) is 3.32. The number of thioether (sulfide) groups is 1. The summed E-state index contributed by atoms with van der Waals surface area (Å²) in [6, 6.07) is 1.66. The van der Waals surface area contributed by atoms with Gasteiger partial charge in [-0.05, 0) is 12.0 Å². The Bertz CT molecular complexity index is 563. The molecule has 0 amide bonds. The molecule has 0 unspecified atom stereocenters. The van der Waals surface area contributed by atoms with Crippen molar-refractivity contribution in [1.82, 2.24) is 10.1 Å². The quantitative estimate of drug-likeness (QED) is 0.824. The molecule has 102 valence electrons. The molecule has 2 aromatic heterocycles. The van der Waals surface area contributed by atoms with Crippen LogP contribution in [0.3, 0.4) is 0 Å². The second kappa shape index (κ2) is 6.21. The molecule has 0 radical (unpaired) electrons. The van der Waals surface area contributed by atoms with E-state index in [-0.39, 0.29) is 0 Å². The molecule has 0 saturated carbocycles. The Balaban J connectivity index is 1.90. The fourth-order valence-electron chi connectivity index (χ4n) is 1.44. The SMILES string of the molecule is CC(C)Cc1nc(CSc2csc(C(=O)O)c2)no1. The van der Waals surface area contributed by atoms with E-state index in [0.717, 1.165) is 11.3 Å². The van der Waals surface area contributed by atoms with Gasteiger partial charge in [-0.25, -0.2) is 4.79 Å². The van der Waals surface area contributed by atoms with Crippen LogP contribution in [0, 0.1) is 5.92 Å². The average molecular weight is 298 g/mol. The van der Waals surface area contributed by atoms with E-state index in [1.807, 2.05) is 5.38 Å². The molecule has 0 fully saturated rings. The standard InChI is InChI=1S/C12H14N2O3S2/c1-7(2)3-11-13-10(14-17-11)6-18-8-4-9(12(15)16)19-5-8/h4-5,7H,3,6H2,1-2H3,(H,15,16). The Morgan fingerprint density at radius 1 is 1.58 bits per heavy atom. The fourth-order valence-corrected chi connectivity index (χ4v) is 3.15. The number of nitrogens with zero attached hydrogens (tertiary/aromatic N) is 2. The third kappa shape index (κ3) is 4.07. The maximum absolute atomic E-state index is 10.8. The van der Waals surface area contributed by atoms with Crippen LogP contribution in [0.1, 0.15) is 35.2 Å². The number of carboxylic acids is 1. The number of hydrogen-bond acceptors (Lipinski definition) is 6. The predicted molar refractivity (Wildman–Crippen MR) is 73.7 cm³/mol. The highest BCUT2D eigenvalue weighted by atomic mass is 32.2. The van der Waals surface area contributed by atoms with Crippen molar-refractivity contribution in [2.45, 2.75) is 30.9 Å². The second-order valence-electron chi connectivity index (χ2n) is 4.44. The van der Waals surface area contributed by atoms with Gasteiger partial charge in [0.25, 0.3) is 0 Å². The first-order chi connectivity index (χ1) is 9.04. The smallest absolute Gasteiger partial charge is 0.345 e. The summed E-state index contributed by atoms with van der Waals surface area (Å²) in [5.41, 5.74) is 0. The number of rotatable bonds is 6. The monoisotopic (exact) mass is 298 g/mol. The summed E-state index contributed by atoms with van der Waals surface area (Å²) >= 11 is 2.73. The number of aromatic carboxylic acids is 1. The number of carboxylic acid groups (broad SMARTS) is 1. The molecule has 0 atom stereocenters. The average Bonchev–Trinajstić information content (AvgIpc) is 2.94. The van der Waals surface area contributed by atoms with Gasteiger partial charge in [0, 0.05) is 16.7 Å². The zero-order chi connectivity index (χ0) is 13.8. The van der Waals surface area contributed by atoms with Gasteiger partial charge < -0.3 is 9.63 Å². The molecule has 0 aliphatic rings. The maximum atomic E-state index is 10.8. The first-order valence-electron chi connectivity index (χ1n) is 5.80. The number of carbonyl (C=O) groups is 1. The van der Waals surface area contributed by atoms with Gasteiger partial charge in [-0.15, -0.1) is 23.1 Å². The minimum Gasteiger partial charge on any atom is -0.477 e. The topological polar surface area (TPSA) is 76.2 Å². The molecule has 0 saturated heterocycles. The number of aromatic nitrogens is 2. The van der Waals surface area contributed by atoms with Gasteiger partial charge in [0.15, 0.2) is 5.82 Å². The van der Waals surface area contributed by atoms with Gasteiger partial charge in [0.1, 0.15) is 4.88 Å². The summed E-state index contributed by atoms with van der Waals surface area (Å²) < 4.78 is 5.14. The van der Waals surface area contributed by atoms with Crippen LogP contribution in [-0.2, 0) is 12.2 Å². The minimum atomic E-state index is -0.893. The van der Waals surface area contributed by atoms with Crippen LogP contribution in [0.25, 0.3) is 0 Å². The lowest BCUT2D eigenvalue weighted by atomic mass is 10.1. The van der Waals surface area contributed by atoms with Crippen molar-refractivity contribution >= 4 is 29.1 Å². The highest BCUT2D eigenvalue weighted by Gasteiger charge is 2.10. The van der Waals surface area contributed by atoms with Crippen molar-refractivity contribution < 1.29 is 14.4 Å². The van der Waals surface area contributed by atoms with Gasteiger partial charge in [0.05, 0.1) is 5.75 Å². The van der Waals surface area contributed by atoms with Crippen LogP contribution in [0.5, 0.6) is 0 Å². The largest absolute Gasteiger partial charge is 0.477 e. The molecule has 19 heavy (non-hydrogen) atoms. The lowest BCUT2D eigenvalue weighted by molar-refractivity contribution is 0.0702. The van der Waals surface area contributed by atoms with Gasteiger partial charge in [-0.2, -0.15) is 4.98 Å². The Hall–Kier alpha value is -1.34. The van der Waals surface area contributed by atoms with E-state index in [1.165, 1.54) is 23.1 Å². The van der Waals surface area contributed by atoms with E-state index in [2.05, 4.69) is 24.0 Å². The highest BCUT2D eigenvalue weighted by molar-refractivity contribution is 7.98. The first kappa shape index (κ1) is 14.1. The molecular weight excluding hydrogens is 284 g/mol. The molecule has 5 nitrogen and oxygen atoms in total. The zero-order valence-electron chi connectivity index (χ0n) is 10.6. The van der Waals surface area contributed by atoms with E-state index in [0.29, 0.717) is 28.3 Å². The van der Waals surface area contributed by atoms with Crippen LogP contribution in [0.15, 0.2) is 20.9 Å². The lowest BCUT2D eigenvalue weighted by Gasteiger charge is -1.96. The second-order valence-corrected chi connectivity index (χ2v) is 6.40. The molecule has 2 heterocycles. The van der Waals surface area contributed by atoms with E-state index in [9.17, 15) is 4.79 Å². The van der Waals surface area contributed by atoms with Gasteiger partial charge in [-0.3, -0.25) is 0 Å². The number of thiophene rings is 1. The molecule has 0 aliphatic carbocycles. The van der Waals surface area contributed by atoms with Crippen molar-refractivity contribution in [3.05, 3.63) is 28.0 Å². The van der Waals surface area contributed by atoms with Crippen LogP contribution in [-0.4, -0.2) is 21.2 Å². The van der Waals surface area contributed by atoms with Crippen LogP contribution in [0.2, 0.25) is 0 Å². The van der Waals surface area contributed by atoms with E-state index in [1.54, 1.807) is 6.07 Å². The Morgan fingerprint density at radius 3 is 3.00 bits per heavy atom. The first-order valence-corrected chi connectivity index (χ1v) is 7.67. The third-order valence-corrected chi connectivity index (χ3v) is 4.29. The van der Waals surface area contributed by atoms with Gasteiger partial charge in [0.2, 0.25) is 5.89 Å². The summed E-state index contributed by atoms with van der Waals surface area (Å²) in [4.78, 5) is 16.3. The van der Waals surface area contributed by atoms with Crippen molar-refractivity contribution in [1.29, 1.82) is 0 Å². The fraction of sp³-hybridized carbons (Fsp3) is 0.417. The van der Waals surface area contributed by atoms with Gasteiger partial charge >= 0.3 is 5.97 Å². The Labute approximate surface area is 119 Å². The van der Waals surface area contributed by atoms with Gasteiger partial charge in [-0.1, -0.05) is 19.0 Å². The van der Waals surface area contributed by atoms with Crippen LogP contribution < -0.4 is 0 Å². The summed E-state index contributed by atoms with van der Waals surface area (Å²) in [6.45, 7) is 4.19. The molecular formula is C12H14N2O3S2. The molecule has 2 aromatic rings. The summed E-state index contributed by atoms with van der Waals surface area (Å²) in [5.74, 6) is 1.47. The lowest BCUT2D eigenvalue weighted by Crippen LogP contribution is -1.94. The van der Waals surface area contributed by atoms with Crippen LogP contribution >= 0.6 is 23.1 Å². The number of hydrogen-bond donors (Lipinski definition) is 1. The third-order valence-electron chi connectivity index (χ3n) is 2.25. The molecule has 0 aliphatic heterocycles. The van der Waals surface area contributed by atoms with E-state index >= 15 is 0 Å². The molecule has 2 rings (SSSR count). The molecule has 0 aromatic carbocycles. The molecule has 7 heteroatoms. The molecule has 1 N–H and O–H groups in total. The molecule has 0 bridgehead atoms. The van der Waals surface area contributed by atoms with E-state index in [4.69, 9.17) is 9.63 Å².